The van der Waals surface area contributed by atoms with Crippen molar-refractivity contribution in [3.8, 4) is 44.5 Å². The molecule has 0 aliphatic heterocycles. The van der Waals surface area contributed by atoms with Crippen LogP contribution in [0, 0.1) is 0 Å². The third-order valence-electron chi connectivity index (χ3n) is 12.3. The van der Waals surface area contributed by atoms with Gasteiger partial charge >= 0.3 is 0 Å². The second kappa shape index (κ2) is 12.3. The number of rotatable bonds is 5. The van der Waals surface area contributed by atoms with Crippen LogP contribution in [0.25, 0.3) is 66.4 Å². The predicted octanol–water partition coefficient (Wildman–Crippen LogP) is 14.7. The van der Waals surface area contributed by atoms with Gasteiger partial charge in [0.25, 0.3) is 0 Å². The fraction of sp³-hybridized carbons (Fsp3) is 0.0182. The number of hydrogen-bond acceptors (Lipinski definition) is 2. The molecule has 9 aromatic carbocycles. The van der Waals surface area contributed by atoms with E-state index in [-0.39, 0.29) is 0 Å². The van der Waals surface area contributed by atoms with Gasteiger partial charge in [0.15, 0.2) is 0 Å². The van der Waals surface area contributed by atoms with Crippen LogP contribution < -0.4 is 4.90 Å². The van der Waals surface area contributed by atoms with Crippen LogP contribution in [0.1, 0.15) is 22.3 Å². The van der Waals surface area contributed by atoms with Crippen molar-refractivity contribution in [1.29, 1.82) is 0 Å². The maximum absolute atomic E-state index is 6.44. The summed E-state index contributed by atoms with van der Waals surface area (Å²) in [5, 5.41) is 2.24. The fourth-order valence-electron chi connectivity index (χ4n) is 10.1. The first kappa shape index (κ1) is 31.9. The van der Waals surface area contributed by atoms with Crippen molar-refractivity contribution in [1.82, 2.24) is 0 Å². The zero-order valence-electron chi connectivity index (χ0n) is 31.1. The number of anilines is 3. The number of nitrogens with zero attached hydrogens (tertiary/aromatic N) is 1. The summed E-state index contributed by atoms with van der Waals surface area (Å²) in [6, 6.07) is 77.5. The minimum Gasteiger partial charge on any atom is -0.456 e. The molecular formula is C55H35NO. The van der Waals surface area contributed by atoms with Gasteiger partial charge in [-0.3, -0.25) is 0 Å². The summed E-state index contributed by atoms with van der Waals surface area (Å²) in [6.07, 6.45) is 0. The molecule has 2 heteroatoms. The first-order valence-corrected chi connectivity index (χ1v) is 19.7. The van der Waals surface area contributed by atoms with Crippen molar-refractivity contribution in [2.45, 2.75) is 5.41 Å². The summed E-state index contributed by atoms with van der Waals surface area (Å²) < 4.78 is 6.44. The highest BCUT2D eigenvalue weighted by Gasteiger charge is 2.51. The van der Waals surface area contributed by atoms with E-state index in [1.54, 1.807) is 0 Å². The van der Waals surface area contributed by atoms with E-state index in [2.05, 4.69) is 211 Å². The lowest BCUT2D eigenvalue weighted by atomic mass is 9.70. The van der Waals surface area contributed by atoms with E-state index >= 15 is 0 Å². The Kier molecular flexibility index (Phi) is 6.88. The molecule has 0 saturated heterocycles. The van der Waals surface area contributed by atoms with E-state index in [0.29, 0.717) is 0 Å². The third-order valence-corrected chi connectivity index (χ3v) is 12.3. The second-order valence-corrected chi connectivity index (χ2v) is 15.1. The van der Waals surface area contributed by atoms with Crippen molar-refractivity contribution in [3.05, 3.63) is 235 Å². The van der Waals surface area contributed by atoms with Crippen LogP contribution in [-0.4, -0.2) is 0 Å². The Hall–Kier alpha value is -7.42. The summed E-state index contributed by atoms with van der Waals surface area (Å²) in [7, 11) is 0. The molecule has 1 heterocycles. The lowest BCUT2D eigenvalue weighted by molar-refractivity contribution is 0.669. The Balaban J connectivity index is 1.17. The molecule has 0 bridgehead atoms. The van der Waals surface area contributed by atoms with Crippen molar-refractivity contribution in [3.63, 3.8) is 0 Å². The van der Waals surface area contributed by atoms with E-state index in [1.165, 1.54) is 50.1 Å². The predicted molar refractivity (Wildman–Crippen MR) is 236 cm³/mol. The Morgan fingerprint density at radius 2 is 0.825 bits per heavy atom. The molecule has 2 nitrogen and oxygen atoms in total. The van der Waals surface area contributed by atoms with Crippen LogP contribution in [0.3, 0.4) is 0 Å². The maximum Gasteiger partial charge on any atom is 0.136 e. The van der Waals surface area contributed by atoms with E-state index in [4.69, 9.17) is 4.42 Å². The number of hydrogen-bond donors (Lipinski definition) is 0. The Bertz CT molecular complexity index is 3140. The molecule has 0 N–H and O–H groups in total. The smallest absolute Gasteiger partial charge is 0.136 e. The lowest BCUT2D eigenvalue weighted by Crippen LogP contribution is -2.26. The molecule has 0 atom stereocenters. The van der Waals surface area contributed by atoms with Gasteiger partial charge in [-0.2, -0.15) is 0 Å². The minimum absolute atomic E-state index is 0.458. The van der Waals surface area contributed by atoms with E-state index in [9.17, 15) is 0 Å². The minimum atomic E-state index is -0.458. The van der Waals surface area contributed by atoms with E-state index in [1.807, 2.05) is 6.07 Å². The van der Waals surface area contributed by atoms with E-state index < -0.39 is 5.41 Å². The van der Waals surface area contributed by atoms with Crippen molar-refractivity contribution in [2.75, 3.05) is 4.90 Å². The summed E-state index contributed by atoms with van der Waals surface area (Å²) in [6.45, 7) is 0. The summed E-state index contributed by atoms with van der Waals surface area (Å²) in [5.74, 6) is 0. The Labute approximate surface area is 331 Å². The third kappa shape index (κ3) is 4.47. The fourth-order valence-corrected chi connectivity index (χ4v) is 10.1. The number of furan rings is 1. The van der Waals surface area contributed by atoms with Gasteiger partial charge in [-0.15, -0.1) is 0 Å². The Morgan fingerprint density at radius 1 is 0.333 bits per heavy atom. The summed E-state index contributed by atoms with van der Waals surface area (Å²) in [4.78, 5) is 2.49. The molecule has 10 aromatic rings. The quantitative estimate of drug-likeness (QED) is 0.176. The van der Waals surface area contributed by atoms with Gasteiger partial charge < -0.3 is 9.32 Å². The Morgan fingerprint density at radius 3 is 1.51 bits per heavy atom. The molecule has 0 unspecified atom stereocenters. The molecule has 0 radical (unpaired) electrons. The topological polar surface area (TPSA) is 16.4 Å². The van der Waals surface area contributed by atoms with Crippen LogP contribution in [-0.2, 0) is 5.41 Å². The SMILES string of the molecule is c1ccc(-c2ccccc2N(c2ccc3c(c2)C2(c4ccccc4-c4ccccc42)c2ccccc2-3)c2ccccc2-c2cccc3oc4ccccc4c23)cc1. The molecule has 1 aromatic heterocycles. The highest BCUT2D eigenvalue weighted by molar-refractivity contribution is 6.14. The van der Waals surface area contributed by atoms with Crippen LogP contribution in [0.2, 0.25) is 0 Å². The summed E-state index contributed by atoms with van der Waals surface area (Å²) in [5.41, 5.74) is 19.7. The van der Waals surface area contributed by atoms with Crippen LogP contribution >= 0.6 is 0 Å². The molecule has 0 fully saturated rings. The van der Waals surface area contributed by atoms with Crippen molar-refractivity contribution in [2.24, 2.45) is 0 Å². The summed E-state index contributed by atoms with van der Waals surface area (Å²) >= 11 is 0. The number of benzene rings is 9. The maximum atomic E-state index is 6.44. The van der Waals surface area contributed by atoms with E-state index in [0.717, 1.165) is 55.7 Å². The van der Waals surface area contributed by atoms with Gasteiger partial charge in [0, 0.05) is 27.6 Å². The molecule has 57 heavy (non-hydrogen) atoms. The second-order valence-electron chi connectivity index (χ2n) is 15.1. The molecule has 0 amide bonds. The highest BCUT2D eigenvalue weighted by Crippen LogP contribution is 2.63. The first-order valence-electron chi connectivity index (χ1n) is 19.7. The van der Waals surface area contributed by atoms with Gasteiger partial charge in [0.1, 0.15) is 11.2 Å². The van der Waals surface area contributed by atoms with Crippen LogP contribution in [0.5, 0.6) is 0 Å². The van der Waals surface area contributed by atoms with Crippen molar-refractivity contribution >= 4 is 39.0 Å². The largest absolute Gasteiger partial charge is 0.456 e. The highest BCUT2D eigenvalue weighted by atomic mass is 16.3. The molecule has 0 saturated carbocycles. The molecule has 12 rings (SSSR count). The number of para-hydroxylation sites is 3. The van der Waals surface area contributed by atoms with Gasteiger partial charge in [-0.1, -0.05) is 176 Å². The van der Waals surface area contributed by atoms with Crippen molar-refractivity contribution < 1.29 is 4.42 Å². The molecular weight excluding hydrogens is 691 g/mol. The molecule has 1 spiro atoms. The van der Waals surface area contributed by atoms with Gasteiger partial charge in [0.2, 0.25) is 0 Å². The standard InChI is InChI=1S/C55H35NO/c1-2-17-36(18-3-1)38-19-7-13-29-50(38)56(51-30-14-8-23-43(51)44-25-16-32-53-54(44)45-24-9-15-31-52(45)57-53)37-33-34-42-41-22-6-12-28-48(41)55(49(42)35-37)46-26-10-4-20-39(46)40-21-5-11-27-47(40)55/h1-35H. The van der Waals surface area contributed by atoms with Gasteiger partial charge in [0.05, 0.1) is 16.8 Å². The zero-order chi connectivity index (χ0) is 37.5. The number of fused-ring (bicyclic) bond motifs is 13. The van der Waals surface area contributed by atoms with Gasteiger partial charge in [-0.05, 0) is 92.0 Å². The van der Waals surface area contributed by atoms with Gasteiger partial charge in [-0.25, -0.2) is 0 Å². The molecule has 2 aliphatic rings. The van der Waals surface area contributed by atoms with Crippen LogP contribution in [0.15, 0.2) is 217 Å². The normalized spacial score (nSPS) is 13.1. The van der Waals surface area contributed by atoms with Crippen LogP contribution in [0.4, 0.5) is 17.1 Å². The zero-order valence-corrected chi connectivity index (χ0v) is 31.1. The molecule has 266 valence electrons. The average Bonchev–Trinajstić information content (AvgIpc) is 3.91. The lowest BCUT2D eigenvalue weighted by Gasteiger charge is -2.33. The average molecular weight is 726 g/mol. The monoisotopic (exact) mass is 725 g/mol. The molecule has 2 aliphatic carbocycles. The first-order chi connectivity index (χ1) is 28.3.